The molecule has 3 rings (SSSR count). The van der Waals surface area contributed by atoms with E-state index in [1.165, 1.54) is 5.56 Å². The van der Waals surface area contributed by atoms with E-state index < -0.39 is 0 Å². The monoisotopic (exact) mass is 274 g/mol. The number of rotatable bonds is 4. The second-order valence-corrected chi connectivity index (χ2v) is 5.81. The van der Waals surface area contributed by atoms with Crippen molar-refractivity contribution in [1.82, 2.24) is 10.6 Å². The Morgan fingerprint density at radius 2 is 2.20 bits per heavy atom. The van der Waals surface area contributed by atoms with E-state index in [4.69, 9.17) is 4.74 Å². The van der Waals surface area contributed by atoms with E-state index in [1.807, 2.05) is 13.0 Å². The molecule has 2 fully saturated rings. The molecule has 1 aromatic carbocycles. The zero-order chi connectivity index (χ0) is 13.9. The Balaban J connectivity index is 1.47. The zero-order valence-electron chi connectivity index (χ0n) is 11.8. The van der Waals surface area contributed by atoms with Gasteiger partial charge in [0.15, 0.2) is 0 Å². The van der Waals surface area contributed by atoms with Crippen molar-refractivity contribution in [3.8, 4) is 0 Å². The molecule has 4 atom stereocenters. The third kappa shape index (κ3) is 3.19. The molecule has 0 bridgehead atoms. The smallest absolute Gasteiger partial charge is 0.240 e. The molecule has 4 heteroatoms. The van der Waals surface area contributed by atoms with Gasteiger partial charge in [-0.2, -0.15) is 0 Å². The molecule has 2 unspecified atom stereocenters. The van der Waals surface area contributed by atoms with Crippen LogP contribution in [0, 0.1) is 5.92 Å². The van der Waals surface area contributed by atoms with Crippen molar-refractivity contribution in [2.24, 2.45) is 5.92 Å². The van der Waals surface area contributed by atoms with Gasteiger partial charge in [-0.1, -0.05) is 30.3 Å². The fourth-order valence-electron chi connectivity index (χ4n) is 2.87. The lowest BCUT2D eigenvalue weighted by molar-refractivity contribution is -0.129. The fourth-order valence-corrected chi connectivity index (χ4v) is 2.87. The van der Waals surface area contributed by atoms with Gasteiger partial charge in [-0.15, -0.1) is 0 Å². The van der Waals surface area contributed by atoms with Crippen LogP contribution in [0.1, 0.15) is 18.9 Å². The molecule has 1 amide bonds. The van der Waals surface area contributed by atoms with Crippen LogP contribution in [0.2, 0.25) is 0 Å². The summed E-state index contributed by atoms with van der Waals surface area (Å²) in [4.78, 5) is 12.2. The van der Waals surface area contributed by atoms with Gasteiger partial charge in [0.1, 0.15) is 6.04 Å². The zero-order valence-corrected chi connectivity index (χ0v) is 11.8. The fraction of sp³-hybridized carbons (Fsp3) is 0.562. The lowest BCUT2D eigenvalue weighted by Crippen LogP contribution is -2.56. The number of carbonyl (C=O) groups is 1. The molecule has 0 radical (unpaired) electrons. The molecule has 1 saturated heterocycles. The van der Waals surface area contributed by atoms with Crippen LogP contribution < -0.4 is 10.6 Å². The third-order valence-corrected chi connectivity index (χ3v) is 4.19. The number of carbonyl (C=O) groups excluding carboxylic acids is 1. The predicted molar refractivity (Wildman–Crippen MR) is 77.4 cm³/mol. The minimum Gasteiger partial charge on any atom is -0.375 e. The molecule has 2 N–H and O–H groups in total. The number of morpholine rings is 1. The van der Waals surface area contributed by atoms with E-state index in [1.54, 1.807) is 0 Å². The summed E-state index contributed by atoms with van der Waals surface area (Å²) < 4.78 is 5.51. The first-order chi connectivity index (χ1) is 9.74. The van der Waals surface area contributed by atoms with Crippen molar-refractivity contribution in [3.63, 3.8) is 0 Å². The van der Waals surface area contributed by atoms with Crippen LogP contribution in [-0.4, -0.2) is 37.2 Å². The molecular weight excluding hydrogens is 252 g/mol. The molecule has 0 aromatic heterocycles. The van der Waals surface area contributed by atoms with Gasteiger partial charge in [-0.05, 0) is 31.2 Å². The number of ether oxygens (including phenoxy) is 1. The summed E-state index contributed by atoms with van der Waals surface area (Å²) in [6, 6.07) is 10.6. The Kier molecular flexibility index (Phi) is 4.03. The molecule has 1 saturated carbocycles. The summed E-state index contributed by atoms with van der Waals surface area (Å²) in [5, 5.41) is 6.37. The molecule has 1 heterocycles. The summed E-state index contributed by atoms with van der Waals surface area (Å²) in [5.74, 6) is 0.666. The first kappa shape index (κ1) is 13.6. The van der Waals surface area contributed by atoms with Crippen molar-refractivity contribution >= 4 is 5.91 Å². The van der Waals surface area contributed by atoms with Crippen LogP contribution in [0.15, 0.2) is 30.3 Å². The van der Waals surface area contributed by atoms with Crippen LogP contribution in [0.5, 0.6) is 0 Å². The standard InChI is InChI=1S/C16H22N2O2/c1-11-15(17-7-8-20-11)16(19)18-14-10-13(14)9-12-5-3-2-4-6-12/h2-6,11,13-15,17H,7-10H2,1H3,(H,18,19)/t11-,13?,14?,15+/m1/s1. The second-order valence-electron chi connectivity index (χ2n) is 5.81. The SMILES string of the molecule is C[C@H]1OCCN[C@@H]1C(=O)NC1CC1Cc1ccccc1. The highest BCUT2D eigenvalue weighted by Gasteiger charge is 2.40. The molecule has 4 nitrogen and oxygen atoms in total. The highest BCUT2D eigenvalue weighted by atomic mass is 16.5. The van der Waals surface area contributed by atoms with Gasteiger partial charge in [0, 0.05) is 12.6 Å². The van der Waals surface area contributed by atoms with E-state index in [0.29, 0.717) is 18.6 Å². The van der Waals surface area contributed by atoms with E-state index in [0.717, 1.165) is 19.4 Å². The lowest BCUT2D eigenvalue weighted by atomic mass is 10.1. The number of hydrogen-bond acceptors (Lipinski definition) is 3. The Morgan fingerprint density at radius 1 is 1.40 bits per heavy atom. The average molecular weight is 274 g/mol. The summed E-state index contributed by atoms with van der Waals surface area (Å²) in [5.41, 5.74) is 1.35. The van der Waals surface area contributed by atoms with Gasteiger partial charge in [-0.3, -0.25) is 4.79 Å². The van der Waals surface area contributed by atoms with Crippen molar-refractivity contribution in [1.29, 1.82) is 0 Å². The maximum absolute atomic E-state index is 12.2. The Morgan fingerprint density at radius 3 is 2.95 bits per heavy atom. The normalized spacial score (nSPS) is 32.6. The van der Waals surface area contributed by atoms with Crippen LogP contribution in [0.3, 0.4) is 0 Å². The number of amides is 1. The van der Waals surface area contributed by atoms with Crippen LogP contribution in [-0.2, 0) is 16.0 Å². The number of nitrogens with one attached hydrogen (secondary N) is 2. The number of benzene rings is 1. The molecule has 1 aromatic rings. The molecule has 1 aliphatic carbocycles. The van der Waals surface area contributed by atoms with Crippen molar-refractivity contribution in [2.75, 3.05) is 13.2 Å². The van der Waals surface area contributed by atoms with Crippen LogP contribution in [0.25, 0.3) is 0 Å². The first-order valence-corrected chi connectivity index (χ1v) is 7.43. The predicted octanol–water partition coefficient (Wildman–Crippen LogP) is 1.11. The van der Waals surface area contributed by atoms with Crippen molar-refractivity contribution in [3.05, 3.63) is 35.9 Å². The minimum absolute atomic E-state index is 0.0462. The van der Waals surface area contributed by atoms with Gasteiger partial charge in [0.2, 0.25) is 5.91 Å². The summed E-state index contributed by atoms with van der Waals surface area (Å²) in [6.45, 7) is 3.39. The molecule has 20 heavy (non-hydrogen) atoms. The topological polar surface area (TPSA) is 50.4 Å². The molecule has 0 spiro atoms. The second kappa shape index (κ2) is 5.94. The van der Waals surface area contributed by atoms with Gasteiger partial charge in [-0.25, -0.2) is 0 Å². The minimum atomic E-state index is -0.207. The number of hydrogen-bond donors (Lipinski definition) is 2. The average Bonchev–Trinajstić information content (AvgIpc) is 3.18. The summed E-state index contributed by atoms with van der Waals surface area (Å²) in [6.07, 6.45) is 2.09. The molecular formula is C16H22N2O2. The summed E-state index contributed by atoms with van der Waals surface area (Å²) in [7, 11) is 0. The highest BCUT2D eigenvalue weighted by Crippen LogP contribution is 2.33. The van der Waals surface area contributed by atoms with Crippen LogP contribution in [0.4, 0.5) is 0 Å². The quantitative estimate of drug-likeness (QED) is 0.865. The van der Waals surface area contributed by atoms with Crippen molar-refractivity contribution in [2.45, 2.75) is 38.0 Å². The third-order valence-electron chi connectivity index (χ3n) is 4.19. The van der Waals surface area contributed by atoms with Gasteiger partial charge < -0.3 is 15.4 Å². The van der Waals surface area contributed by atoms with Gasteiger partial charge in [0.25, 0.3) is 0 Å². The van der Waals surface area contributed by atoms with Gasteiger partial charge in [0.05, 0.1) is 12.7 Å². The highest BCUT2D eigenvalue weighted by molar-refractivity contribution is 5.83. The van der Waals surface area contributed by atoms with Crippen molar-refractivity contribution < 1.29 is 9.53 Å². The Labute approximate surface area is 119 Å². The molecule has 1 aliphatic heterocycles. The maximum atomic E-state index is 12.2. The first-order valence-electron chi connectivity index (χ1n) is 7.43. The lowest BCUT2D eigenvalue weighted by Gasteiger charge is -2.29. The largest absolute Gasteiger partial charge is 0.375 e. The van der Waals surface area contributed by atoms with E-state index in [-0.39, 0.29) is 18.1 Å². The molecule has 108 valence electrons. The Hall–Kier alpha value is -1.39. The van der Waals surface area contributed by atoms with E-state index >= 15 is 0 Å². The van der Waals surface area contributed by atoms with Crippen LogP contribution >= 0.6 is 0 Å². The molecule has 2 aliphatic rings. The Bertz CT molecular complexity index is 463. The summed E-state index contributed by atoms with van der Waals surface area (Å²) >= 11 is 0. The van der Waals surface area contributed by atoms with Gasteiger partial charge >= 0.3 is 0 Å². The maximum Gasteiger partial charge on any atom is 0.240 e. The van der Waals surface area contributed by atoms with E-state index in [2.05, 4.69) is 34.9 Å². The van der Waals surface area contributed by atoms with E-state index in [9.17, 15) is 4.79 Å².